The molecule has 0 heterocycles. The van der Waals surface area contributed by atoms with Gasteiger partial charge in [-0.15, -0.1) is 0 Å². The van der Waals surface area contributed by atoms with Gasteiger partial charge in [0.2, 0.25) is 5.91 Å². The first-order chi connectivity index (χ1) is 7.72. The Bertz CT molecular complexity index is 365. The van der Waals surface area contributed by atoms with Crippen molar-refractivity contribution >= 4 is 21.8 Å². The Morgan fingerprint density at radius 1 is 1.50 bits per heavy atom. The van der Waals surface area contributed by atoms with Crippen LogP contribution < -0.4 is 5.32 Å². The molecule has 3 unspecified atom stereocenters. The topological polar surface area (TPSA) is 29.1 Å². The van der Waals surface area contributed by atoms with Gasteiger partial charge in [-0.1, -0.05) is 53.2 Å². The predicted molar refractivity (Wildman–Crippen MR) is 68.7 cm³/mol. The quantitative estimate of drug-likeness (QED) is 0.845. The molecule has 0 aromatic heterocycles. The van der Waals surface area contributed by atoms with E-state index < -0.39 is 0 Å². The lowest BCUT2D eigenvalue weighted by molar-refractivity contribution is -0.120. The van der Waals surface area contributed by atoms with E-state index >= 15 is 0 Å². The second kappa shape index (κ2) is 5.00. The van der Waals surface area contributed by atoms with E-state index in [0.29, 0.717) is 12.0 Å². The molecule has 1 aliphatic carbocycles. The molecule has 0 saturated heterocycles. The van der Waals surface area contributed by atoms with Crippen molar-refractivity contribution in [3.05, 3.63) is 35.9 Å². The van der Waals surface area contributed by atoms with E-state index in [2.05, 4.69) is 33.4 Å². The van der Waals surface area contributed by atoms with Gasteiger partial charge in [0.05, 0.1) is 4.83 Å². The standard InChI is InChI=1S/C13H16BrNO/c1-2-11(14)13(16)15-12-8-10(12)9-6-4-3-5-7-9/h3-7,10-12H,2,8H2,1H3,(H,15,16). The molecule has 1 aromatic carbocycles. The predicted octanol–water partition coefficient (Wildman–Crippen LogP) is 2.83. The monoisotopic (exact) mass is 281 g/mol. The molecule has 1 fully saturated rings. The zero-order valence-electron chi connectivity index (χ0n) is 9.32. The van der Waals surface area contributed by atoms with Gasteiger partial charge in [-0.2, -0.15) is 0 Å². The summed E-state index contributed by atoms with van der Waals surface area (Å²) in [6.45, 7) is 2.00. The summed E-state index contributed by atoms with van der Waals surface area (Å²) in [5.41, 5.74) is 1.33. The maximum absolute atomic E-state index is 11.6. The van der Waals surface area contributed by atoms with E-state index in [0.717, 1.165) is 12.8 Å². The average molecular weight is 282 g/mol. The first-order valence-corrected chi connectivity index (χ1v) is 6.63. The van der Waals surface area contributed by atoms with Gasteiger partial charge in [0, 0.05) is 12.0 Å². The van der Waals surface area contributed by atoms with Crippen LogP contribution in [0.25, 0.3) is 0 Å². The Labute approximate surface area is 105 Å². The van der Waals surface area contributed by atoms with Crippen LogP contribution >= 0.6 is 15.9 Å². The van der Waals surface area contributed by atoms with Crippen LogP contribution in [0.15, 0.2) is 30.3 Å². The lowest BCUT2D eigenvalue weighted by Gasteiger charge is -2.08. The van der Waals surface area contributed by atoms with E-state index in [-0.39, 0.29) is 10.7 Å². The van der Waals surface area contributed by atoms with E-state index in [4.69, 9.17) is 0 Å². The SMILES string of the molecule is CCC(Br)C(=O)NC1CC1c1ccccc1. The zero-order chi connectivity index (χ0) is 11.5. The Kier molecular flexibility index (Phi) is 3.64. The van der Waals surface area contributed by atoms with Crippen molar-refractivity contribution in [2.75, 3.05) is 0 Å². The first kappa shape index (κ1) is 11.6. The van der Waals surface area contributed by atoms with E-state index in [1.165, 1.54) is 5.56 Å². The summed E-state index contributed by atoms with van der Waals surface area (Å²) in [5.74, 6) is 0.632. The Morgan fingerprint density at radius 3 is 2.81 bits per heavy atom. The average Bonchev–Trinajstić information content (AvgIpc) is 3.08. The second-order valence-electron chi connectivity index (χ2n) is 4.24. The number of alkyl halides is 1. The number of nitrogens with one attached hydrogen (secondary N) is 1. The molecule has 1 N–H and O–H groups in total. The molecule has 3 heteroatoms. The number of rotatable bonds is 4. The largest absolute Gasteiger partial charge is 0.352 e. The van der Waals surface area contributed by atoms with Gasteiger partial charge < -0.3 is 5.32 Å². The van der Waals surface area contributed by atoms with E-state index in [1.54, 1.807) is 0 Å². The molecule has 1 aromatic rings. The second-order valence-corrected chi connectivity index (χ2v) is 5.35. The zero-order valence-corrected chi connectivity index (χ0v) is 10.9. The van der Waals surface area contributed by atoms with Crippen LogP contribution in [0.5, 0.6) is 0 Å². The number of carbonyl (C=O) groups excluding carboxylic acids is 1. The summed E-state index contributed by atoms with van der Waals surface area (Å²) < 4.78 is 0. The fraction of sp³-hybridized carbons (Fsp3) is 0.462. The number of hydrogen-bond donors (Lipinski definition) is 1. The highest BCUT2D eigenvalue weighted by molar-refractivity contribution is 9.10. The van der Waals surface area contributed by atoms with Crippen LogP contribution in [0.3, 0.4) is 0 Å². The molecule has 2 rings (SSSR count). The van der Waals surface area contributed by atoms with Crippen molar-refractivity contribution < 1.29 is 4.79 Å². The van der Waals surface area contributed by atoms with Crippen molar-refractivity contribution in [2.45, 2.75) is 36.6 Å². The number of amides is 1. The third-order valence-corrected chi connectivity index (χ3v) is 4.05. The highest BCUT2D eigenvalue weighted by Crippen LogP contribution is 2.40. The molecular weight excluding hydrogens is 266 g/mol. The lowest BCUT2D eigenvalue weighted by Crippen LogP contribution is -2.33. The first-order valence-electron chi connectivity index (χ1n) is 5.71. The van der Waals surface area contributed by atoms with Crippen LogP contribution in [0.2, 0.25) is 0 Å². The number of benzene rings is 1. The van der Waals surface area contributed by atoms with Gasteiger partial charge in [-0.3, -0.25) is 4.79 Å². The third kappa shape index (κ3) is 2.64. The smallest absolute Gasteiger partial charge is 0.234 e. The van der Waals surface area contributed by atoms with Crippen LogP contribution in [-0.2, 0) is 4.79 Å². The fourth-order valence-corrected chi connectivity index (χ4v) is 2.01. The van der Waals surface area contributed by atoms with Gasteiger partial charge in [0.1, 0.15) is 0 Å². The summed E-state index contributed by atoms with van der Waals surface area (Å²) in [7, 11) is 0. The number of halogens is 1. The molecule has 16 heavy (non-hydrogen) atoms. The van der Waals surface area contributed by atoms with Crippen molar-refractivity contribution in [1.29, 1.82) is 0 Å². The van der Waals surface area contributed by atoms with Crippen LogP contribution in [0, 0.1) is 0 Å². The number of carbonyl (C=O) groups is 1. The minimum Gasteiger partial charge on any atom is -0.352 e. The van der Waals surface area contributed by atoms with Crippen LogP contribution in [0.4, 0.5) is 0 Å². The maximum atomic E-state index is 11.6. The summed E-state index contributed by atoms with van der Waals surface area (Å²) >= 11 is 3.36. The molecule has 0 spiro atoms. The number of hydrogen-bond acceptors (Lipinski definition) is 1. The molecule has 1 aliphatic rings. The van der Waals surface area contributed by atoms with Crippen LogP contribution in [0.1, 0.15) is 31.2 Å². The molecule has 0 radical (unpaired) electrons. The Morgan fingerprint density at radius 2 is 2.19 bits per heavy atom. The molecular formula is C13H16BrNO. The lowest BCUT2D eigenvalue weighted by atomic mass is 10.1. The minimum absolute atomic E-state index is 0.0514. The highest BCUT2D eigenvalue weighted by atomic mass is 79.9. The Hall–Kier alpha value is -0.830. The van der Waals surface area contributed by atoms with Crippen LogP contribution in [-0.4, -0.2) is 16.8 Å². The van der Waals surface area contributed by atoms with Gasteiger partial charge in [-0.25, -0.2) is 0 Å². The molecule has 86 valence electrons. The summed E-state index contributed by atoms with van der Waals surface area (Å²) in [5, 5.41) is 3.07. The van der Waals surface area contributed by atoms with Crippen molar-refractivity contribution in [2.24, 2.45) is 0 Å². The fourth-order valence-electron chi connectivity index (χ4n) is 1.88. The van der Waals surface area contributed by atoms with Gasteiger partial charge in [0.25, 0.3) is 0 Å². The van der Waals surface area contributed by atoms with Crippen molar-refractivity contribution in [3.63, 3.8) is 0 Å². The minimum atomic E-state index is -0.0514. The molecule has 0 aliphatic heterocycles. The summed E-state index contributed by atoms with van der Waals surface area (Å²) in [6.07, 6.45) is 1.90. The summed E-state index contributed by atoms with van der Waals surface area (Å²) in [4.78, 5) is 11.6. The molecule has 1 saturated carbocycles. The van der Waals surface area contributed by atoms with Gasteiger partial charge >= 0.3 is 0 Å². The van der Waals surface area contributed by atoms with Crippen molar-refractivity contribution in [1.82, 2.24) is 5.32 Å². The van der Waals surface area contributed by atoms with Gasteiger partial charge in [-0.05, 0) is 18.4 Å². The van der Waals surface area contributed by atoms with Gasteiger partial charge in [0.15, 0.2) is 0 Å². The third-order valence-electron chi connectivity index (χ3n) is 2.99. The normalized spacial score (nSPS) is 24.9. The van der Waals surface area contributed by atoms with E-state index in [1.807, 2.05) is 25.1 Å². The molecule has 3 atom stereocenters. The maximum Gasteiger partial charge on any atom is 0.234 e. The molecule has 2 nitrogen and oxygen atoms in total. The molecule has 1 amide bonds. The van der Waals surface area contributed by atoms with Crippen molar-refractivity contribution in [3.8, 4) is 0 Å². The summed E-state index contributed by atoms with van der Waals surface area (Å²) in [6, 6.07) is 10.7. The molecule has 0 bridgehead atoms. The van der Waals surface area contributed by atoms with E-state index in [9.17, 15) is 4.79 Å². The highest BCUT2D eigenvalue weighted by Gasteiger charge is 2.39. The Balaban J connectivity index is 1.86.